The largest absolute Gasteiger partial charge is 0.493 e. The lowest BCUT2D eigenvalue weighted by Crippen LogP contribution is -2.19. The normalized spacial score (nSPS) is 13.1. The summed E-state index contributed by atoms with van der Waals surface area (Å²) in [4.78, 5) is 10.7. The van der Waals surface area contributed by atoms with Crippen LogP contribution >= 0.6 is 0 Å². The number of rotatable bonds is 16. The van der Waals surface area contributed by atoms with E-state index in [2.05, 4.69) is 6.92 Å². The summed E-state index contributed by atoms with van der Waals surface area (Å²) in [5.41, 5.74) is 2.08. The Morgan fingerprint density at radius 3 is 2.31 bits per heavy atom. The molecule has 194 valence electrons. The number of alkyl halides is 3. The van der Waals surface area contributed by atoms with Gasteiger partial charge in [-0.25, -0.2) is 4.79 Å². The number of ether oxygens (including phenoxy) is 2. The van der Waals surface area contributed by atoms with Crippen molar-refractivity contribution >= 4 is 12.0 Å². The molecule has 1 aromatic rings. The fourth-order valence-electron chi connectivity index (χ4n) is 3.16. The highest BCUT2D eigenvalue weighted by Gasteiger charge is 2.28. The van der Waals surface area contributed by atoms with Gasteiger partial charge in [0, 0.05) is 11.6 Å². The molecule has 0 spiro atoms. The van der Waals surface area contributed by atoms with Crippen LogP contribution in [0.4, 0.5) is 13.2 Å². The van der Waals surface area contributed by atoms with Gasteiger partial charge in [-0.3, -0.25) is 0 Å². The van der Waals surface area contributed by atoms with Crippen LogP contribution in [0.2, 0.25) is 0 Å². The number of hydrogen-bond acceptors (Lipinski definition) is 3. The molecule has 1 rings (SSSR count). The van der Waals surface area contributed by atoms with Crippen molar-refractivity contribution in [1.29, 1.82) is 0 Å². The third kappa shape index (κ3) is 15.5. The zero-order valence-corrected chi connectivity index (χ0v) is 20.9. The fraction of sp³-hybridized carbons (Fsp3) is 0.464. The lowest BCUT2D eigenvalue weighted by atomic mass is 10.1. The maximum Gasteiger partial charge on any atom is 0.422 e. The Labute approximate surface area is 206 Å². The van der Waals surface area contributed by atoms with Gasteiger partial charge in [0.05, 0.1) is 6.61 Å². The lowest BCUT2D eigenvalue weighted by molar-refractivity contribution is -0.153. The summed E-state index contributed by atoms with van der Waals surface area (Å²) in [6.45, 7) is 4.91. The van der Waals surface area contributed by atoms with E-state index in [1.54, 1.807) is 37.3 Å². The van der Waals surface area contributed by atoms with Crippen LogP contribution in [0.5, 0.6) is 11.5 Å². The summed E-state index contributed by atoms with van der Waals surface area (Å²) >= 11 is 0. The van der Waals surface area contributed by atoms with E-state index in [1.807, 2.05) is 13.0 Å². The molecule has 0 amide bonds. The van der Waals surface area contributed by atoms with Crippen LogP contribution < -0.4 is 9.47 Å². The van der Waals surface area contributed by atoms with Gasteiger partial charge in [-0.1, -0.05) is 81.4 Å². The SMILES string of the molecule is CCCCCCCCCOc1ccc(OCC(F)(F)F)cc1C=CC(C)=CC=C/C(C)=C/C(=O)O. The van der Waals surface area contributed by atoms with E-state index in [-0.39, 0.29) is 5.75 Å². The van der Waals surface area contributed by atoms with E-state index < -0.39 is 18.8 Å². The van der Waals surface area contributed by atoms with Crippen LogP contribution in [0.3, 0.4) is 0 Å². The second-order valence-electron chi connectivity index (χ2n) is 8.40. The Balaban J connectivity index is 2.85. The molecule has 0 saturated carbocycles. The summed E-state index contributed by atoms with van der Waals surface area (Å²) in [5, 5.41) is 8.75. The molecule has 0 unspecified atom stereocenters. The monoisotopic (exact) mass is 494 g/mol. The molecule has 0 fully saturated rings. The van der Waals surface area contributed by atoms with E-state index in [0.717, 1.165) is 24.5 Å². The summed E-state index contributed by atoms with van der Waals surface area (Å²) in [6.07, 6.45) is 13.6. The van der Waals surface area contributed by atoms with Gasteiger partial charge in [0.15, 0.2) is 6.61 Å². The topological polar surface area (TPSA) is 55.8 Å². The van der Waals surface area contributed by atoms with Crippen LogP contribution in [-0.2, 0) is 4.79 Å². The van der Waals surface area contributed by atoms with E-state index >= 15 is 0 Å². The van der Waals surface area contributed by atoms with Gasteiger partial charge >= 0.3 is 12.1 Å². The van der Waals surface area contributed by atoms with Crippen molar-refractivity contribution in [3.8, 4) is 11.5 Å². The first kappa shape index (κ1) is 30.1. The van der Waals surface area contributed by atoms with E-state index in [0.29, 0.717) is 23.5 Å². The molecule has 0 aromatic heterocycles. The maximum absolute atomic E-state index is 12.5. The Kier molecular flexibility index (Phi) is 14.3. The molecule has 0 aliphatic heterocycles. The standard InChI is InChI=1S/C28H37F3O4/c1-4-5-6-7-8-9-10-18-34-26-17-16-25(35-21-28(29,30)31)20-24(26)15-14-22(2)12-11-13-23(3)19-27(32)33/h11-17,19-20H,4-10,18,21H2,1-3H3,(H,32,33)/b13-11?,15-14?,22-12?,23-19+. The minimum Gasteiger partial charge on any atom is -0.493 e. The van der Waals surface area contributed by atoms with Crippen LogP contribution in [0, 0.1) is 0 Å². The molecule has 0 saturated heterocycles. The second kappa shape index (κ2) is 16.6. The molecule has 1 N–H and O–H groups in total. The average molecular weight is 495 g/mol. The second-order valence-corrected chi connectivity index (χ2v) is 8.40. The Morgan fingerprint density at radius 2 is 1.66 bits per heavy atom. The third-order valence-electron chi connectivity index (χ3n) is 4.98. The van der Waals surface area contributed by atoms with Crippen molar-refractivity contribution in [2.24, 2.45) is 0 Å². The van der Waals surface area contributed by atoms with Gasteiger partial charge in [0.25, 0.3) is 0 Å². The number of aliphatic carboxylic acids is 1. The molecular weight excluding hydrogens is 457 g/mol. The van der Waals surface area contributed by atoms with Crippen LogP contribution in [-0.4, -0.2) is 30.5 Å². The predicted octanol–water partition coefficient (Wildman–Crippen LogP) is 8.30. The highest BCUT2D eigenvalue weighted by atomic mass is 19.4. The van der Waals surface area contributed by atoms with Crippen molar-refractivity contribution in [2.45, 2.75) is 71.9 Å². The van der Waals surface area contributed by atoms with E-state index in [1.165, 1.54) is 44.2 Å². The molecule has 0 bridgehead atoms. The van der Waals surface area contributed by atoms with Gasteiger partial charge in [-0.15, -0.1) is 0 Å². The average Bonchev–Trinajstić information content (AvgIpc) is 2.77. The highest BCUT2D eigenvalue weighted by Crippen LogP contribution is 2.28. The molecule has 0 aliphatic rings. The molecule has 1 aromatic carbocycles. The fourth-order valence-corrected chi connectivity index (χ4v) is 3.16. The number of carbonyl (C=O) groups is 1. The number of carboxylic acid groups (broad SMARTS) is 1. The minimum absolute atomic E-state index is 0.112. The predicted molar refractivity (Wildman–Crippen MR) is 135 cm³/mol. The molecule has 7 heteroatoms. The first-order chi connectivity index (χ1) is 16.6. The first-order valence-electron chi connectivity index (χ1n) is 12.0. The van der Waals surface area contributed by atoms with Crippen molar-refractivity contribution in [3.05, 3.63) is 65.3 Å². The summed E-state index contributed by atoms with van der Waals surface area (Å²) < 4.78 is 48.4. The molecule has 0 heterocycles. The number of carboxylic acids is 1. The smallest absolute Gasteiger partial charge is 0.422 e. The van der Waals surface area contributed by atoms with E-state index in [9.17, 15) is 18.0 Å². The van der Waals surface area contributed by atoms with Gasteiger partial charge < -0.3 is 14.6 Å². The van der Waals surface area contributed by atoms with Gasteiger partial charge in [0.1, 0.15) is 11.5 Å². The molecule has 0 atom stereocenters. The highest BCUT2D eigenvalue weighted by molar-refractivity contribution is 5.81. The molecule has 4 nitrogen and oxygen atoms in total. The Hall–Kier alpha value is -2.96. The van der Waals surface area contributed by atoms with Crippen LogP contribution in [0.25, 0.3) is 6.08 Å². The number of benzene rings is 1. The molecular formula is C28H37F3O4. The van der Waals surface area contributed by atoms with Crippen LogP contribution in [0.1, 0.15) is 71.3 Å². The summed E-state index contributed by atoms with van der Waals surface area (Å²) in [5.74, 6) is -0.319. The molecule has 35 heavy (non-hydrogen) atoms. The Morgan fingerprint density at radius 1 is 0.971 bits per heavy atom. The number of halogens is 3. The minimum atomic E-state index is -4.42. The number of allylic oxidation sites excluding steroid dienone is 6. The van der Waals surface area contributed by atoms with Crippen molar-refractivity contribution in [3.63, 3.8) is 0 Å². The summed E-state index contributed by atoms with van der Waals surface area (Å²) in [7, 11) is 0. The van der Waals surface area contributed by atoms with Gasteiger partial charge in [-0.2, -0.15) is 13.2 Å². The molecule has 0 aliphatic carbocycles. The molecule has 0 radical (unpaired) electrons. The van der Waals surface area contributed by atoms with Crippen molar-refractivity contribution in [1.82, 2.24) is 0 Å². The quantitative estimate of drug-likeness (QED) is 0.143. The van der Waals surface area contributed by atoms with Crippen LogP contribution in [0.15, 0.2) is 59.7 Å². The zero-order valence-electron chi connectivity index (χ0n) is 20.9. The lowest BCUT2D eigenvalue weighted by Gasteiger charge is -2.13. The van der Waals surface area contributed by atoms with E-state index in [4.69, 9.17) is 14.6 Å². The zero-order chi connectivity index (χ0) is 26.1. The maximum atomic E-state index is 12.5. The van der Waals surface area contributed by atoms with Gasteiger partial charge in [-0.05, 0) is 44.0 Å². The van der Waals surface area contributed by atoms with Crippen molar-refractivity contribution < 1.29 is 32.5 Å². The third-order valence-corrected chi connectivity index (χ3v) is 4.98. The van der Waals surface area contributed by atoms with Crippen molar-refractivity contribution in [2.75, 3.05) is 13.2 Å². The Bertz CT molecular complexity index is 896. The van der Waals surface area contributed by atoms with Gasteiger partial charge in [0.2, 0.25) is 0 Å². The first-order valence-corrected chi connectivity index (χ1v) is 12.0. The number of unbranched alkanes of at least 4 members (excludes halogenated alkanes) is 6. The number of hydrogen-bond donors (Lipinski definition) is 1. The summed E-state index contributed by atoms with van der Waals surface area (Å²) in [6, 6.07) is 4.64.